The average molecular weight is 361 g/mol. The lowest BCUT2D eigenvalue weighted by molar-refractivity contribution is -0.148. The Bertz CT molecular complexity index is 609. The molecule has 0 aromatic heterocycles. The van der Waals surface area contributed by atoms with Gasteiger partial charge in [0.1, 0.15) is 6.10 Å². The Hall–Kier alpha value is -0.830. The van der Waals surface area contributed by atoms with Crippen LogP contribution in [-0.4, -0.2) is 23.3 Å². The van der Waals surface area contributed by atoms with E-state index in [1.165, 1.54) is 39.0 Å². The normalized spacial score (nSPS) is 48.7. The molecule has 3 nitrogen and oxygen atoms in total. The van der Waals surface area contributed by atoms with Gasteiger partial charge in [-0.3, -0.25) is 4.79 Å². The predicted molar refractivity (Wildman–Crippen MR) is 102 cm³/mol. The molecular formula is C23H36O3. The molecule has 4 aliphatic carbocycles. The van der Waals surface area contributed by atoms with Crippen molar-refractivity contribution in [3.63, 3.8) is 0 Å². The number of fused-ring (bicyclic) bond motifs is 5. The van der Waals surface area contributed by atoms with Crippen LogP contribution in [-0.2, 0) is 9.53 Å². The molecule has 1 N–H and O–H groups in total. The number of rotatable bonds is 2. The molecule has 4 rings (SSSR count). The molecule has 3 saturated carbocycles. The minimum Gasteiger partial charge on any atom is -0.462 e. The third-order valence-electron chi connectivity index (χ3n) is 9.05. The van der Waals surface area contributed by atoms with E-state index in [1.807, 2.05) is 6.92 Å². The molecule has 8 atom stereocenters. The van der Waals surface area contributed by atoms with Gasteiger partial charge in [-0.15, -0.1) is 0 Å². The molecule has 0 aliphatic heterocycles. The van der Waals surface area contributed by atoms with Crippen LogP contribution < -0.4 is 0 Å². The molecule has 0 radical (unpaired) electrons. The first kappa shape index (κ1) is 18.5. The maximum atomic E-state index is 11.4. The number of carbonyl (C=O) groups is 1. The molecule has 3 heteroatoms. The minimum absolute atomic E-state index is 0.0864. The van der Waals surface area contributed by atoms with E-state index in [1.54, 1.807) is 5.57 Å². The quantitative estimate of drug-likeness (QED) is 0.564. The van der Waals surface area contributed by atoms with Crippen molar-refractivity contribution in [2.75, 3.05) is 0 Å². The van der Waals surface area contributed by atoms with Gasteiger partial charge in [-0.25, -0.2) is 0 Å². The van der Waals surface area contributed by atoms with Gasteiger partial charge in [0.05, 0.1) is 6.10 Å². The van der Waals surface area contributed by atoms with Gasteiger partial charge in [0.2, 0.25) is 0 Å². The molecule has 0 saturated heterocycles. The number of ether oxygens (including phenoxy) is 1. The van der Waals surface area contributed by atoms with Gasteiger partial charge >= 0.3 is 5.97 Å². The summed E-state index contributed by atoms with van der Waals surface area (Å²) in [5.41, 5.74) is 2.18. The Kier molecular flexibility index (Phi) is 4.53. The molecule has 3 fully saturated rings. The van der Waals surface area contributed by atoms with Crippen LogP contribution in [0.4, 0.5) is 0 Å². The van der Waals surface area contributed by atoms with Crippen molar-refractivity contribution < 1.29 is 14.6 Å². The van der Waals surface area contributed by atoms with Crippen molar-refractivity contribution in [3.05, 3.63) is 11.6 Å². The fraction of sp³-hybridized carbons (Fsp3) is 0.870. The van der Waals surface area contributed by atoms with Crippen LogP contribution in [0.1, 0.15) is 79.1 Å². The molecule has 0 aromatic rings. The van der Waals surface area contributed by atoms with Gasteiger partial charge < -0.3 is 9.84 Å². The zero-order valence-corrected chi connectivity index (χ0v) is 17.0. The van der Waals surface area contributed by atoms with Crippen LogP contribution in [0.2, 0.25) is 0 Å². The number of aliphatic hydroxyl groups is 1. The topological polar surface area (TPSA) is 46.5 Å². The summed E-state index contributed by atoms with van der Waals surface area (Å²) in [5.74, 6) is 2.65. The molecule has 4 aliphatic rings. The van der Waals surface area contributed by atoms with E-state index in [0.29, 0.717) is 16.7 Å². The molecular weight excluding hydrogens is 324 g/mol. The third kappa shape index (κ3) is 2.68. The Morgan fingerprint density at radius 1 is 1.19 bits per heavy atom. The van der Waals surface area contributed by atoms with Crippen molar-refractivity contribution in [1.82, 2.24) is 0 Å². The Morgan fingerprint density at radius 3 is 2.65 bits per heavy atom. The van der Waals surface area contributed by atoms with Crippen LogP contribution in [0.3, 0.4) is 0 Å². The van der Waals surface area contributed by atoms with Gasteiger partial charge in [-0.1, -0.05) is 25.5 Å². The Morgan fingerprint density at radius 2 is 1.96 bits per heavy atom. The van der Waals surface area contributed by atoms with Gasteiger partial charge in [-0.05, 0) is 86.4 Å². The summed E-state index contributed by atoms with van der Waals surface area (Å²) in [6.45, 7) is 8.49. The highest BCUT2D eigenvalue weighted by Crippen LogP contribution is 2.66. The van der Waals surface area contributed by atoms with E-state index in [2.05, 4.69) is 19.9 Å². The third-order valence-corrected chi connectivity index (χ3v) is 9.05. The molecule has 0 unspecified atom stereocenters. The summed E-state index contributed by atoms with van der Waals surface area (Å²) in [6, 6.07) is 0. The second-order valence-electron chi connectivity index (χ2n) is 10.2. The maximum Gasteiger partial charge on any atom is 0.302 e. The van der Waals surface area contributed by atoms with Crippen LogP contribution in [0, 0.1) is 34.5 Å². The molecule has 0 amide bonds. The standard InChI is InChI=1S/C23H36O3/c1-14(24)19-7-8-20-18-6-5-16-13-17(26-15(2)25)9-11-22(16,3)21(18)10-12-23(19,20)4/h5,14,17-21,24H,6-13H2,1-4H3/t14-,17-,18+,19+,20-,21+,22-,23+/m0/s1. The van der Waals surface area contributed by atoms with Crippen molar-refractivity contribution in [3.8, 4) is 0 Å². The first-order valence-corrected chi connectivity index (χ1v) is 10.8. The highest BCUT2D eigenvalue weighted by Gasteiger charge is 2.59. The van der Waals surface area contributed by atoms with Gasteiger partial charge in [0.25, 0.3) is 0 Å². The lowest BCUT2D eigenvalue weighted by atomic mass is 9.47. The summed E-state index contributed by atoms with van der Waals surface area (Å²) in [4.78, 5) is 11.4. The van der Waals surface area contributed by atoms with Gasteiger partial charge in [0, 0.05) is 13.3 Å². The van der Waals surface area contributed by atoms with E-state index in [-0.39, 0.29) is 18.2 Å². The number of aliphatic hydroxyl groups excluding tert-OH is 1. The van der Waals surface area contributed by atoms with E-state index < -0.39 is 0 Å². The van der Waals surface area contributed by atoms with Crippen molar-refractivity contribution in [1.29, 1.82) is 0 Å². The number of hydrogen-bond donors (Lipinski definition) is 1. The van der Waals surface area contributed by atoms with E-state index in [0.717, 1.165) is 37.0 Å². The largest absolute Gasteiger partial charge is 0.462 e. The second kappa shape index (κ2) is 6.36. The maximum absolute atomic E-state index is 11.4. The summed E-state index contributed by atoms with van der Waals surface area (Å²) < 4.78 is 5.54. The zero-order chi connectivity index (χ0) is 18.7. The Balaban J connectivity index is 1.58. The SMILES string of the molecule is CC(=O)O[C@H]1CC[C@@]2(C)C(=CC[C@H]3[C@H]2CC[C@]2(C)[C@@H]([C@H](C)O)CC[C@@H]32)C1. The molecule has 0 heterocycles. The van der Waals surface area contributed by atoms with Crippen molar-refractivity contribution in [2.24, 2.45) is 34.5 Å². The average Bonchev–Trinajstić information content (AvgIpc) is 2.92. The van der Waals surface area contributed by atoms with Crippen molar-refractivity contribution >= 4 is 5.97 Å². The first-order valence-electron chi connectivity index (χ1n) is 10.8. The van der Waals surface area contributed by atoms with E-state index >= 15 is 0 Å². The molecule has 0 bridgehead atoms. The monoisotopic (exact) mass is 360 g/mol. The summed E-state index contributed by atoms with van der Waals surface area (Å²) in [5, 5.41) is 10.3. The van der Waals surface area contributed by atoms with Crippen LogP contribution in [0.25, 0.3) is 0 Å². The number of esters is 1. The lowest BCUT2D eigenvalue weighted by Gasteiger charge is -2.58. The van der Waals surface area contributed by atoms with Crippen molar-refractivity contribution in [2.45, 2.75) is 91.3 Å². The zero-order valence-electron chi connectivity index (χ0n) is 17.0. The van der Waals surface area contributed by atoms with E-state index in [9.17, 15) is 9.90 Å². The fourth-order valence-corrected chi connectivity index (χ4v) is 7.80. The summed E-state index contributed by atoms with van der Waals surface area (Å²) in [7, 11) is 0. The molecule has 0 spiro atoms. The van der Waals surface area contributed by atoms with Crippen LogP contribution >= 0.6 is 0 Å². The number of hydrogen-bond acceptors (Lipinski definition) is 3. The summed E-state index contributed by atoms with van der Waals surface area (Å²) in [6.07, 6.45) is 11.8. The smallest absolute Gasteiger partial charge is 0.302 e. The van der Waals surface area contributed by atoms with Gasteiger partial charge in [0.15, 0.2) is 0 Å². The number of allylic oxidation sites excluding steroid dienone is 1. The van der Waals surface area contributed by atoms with Crippen LogP contribution in [0.15, 0.2) is 11.6 Å². The minimum atomic E-state index is -0.175. The first-order chi connectivity index (χ1) is 12.3. The molecule has 0 aromatic carbocycles. The lowest BCUT2D eigenvalue weighted by Crippen LogP contribution is -2.51. The Labute approximate surface area is 158 Å². The van der Waals surface area contributed by atoms with Crippen LogP contribution in [0.5, 0.6) is 0 Å². The van der Waals surface area contributed by atoms with Gasteiger partial charge in [-0.2, -0.15) is 0 Å². The molecule has 26 heavy (non-hydrogen) atoms. The molecule has 146 valence electrons. The summed E-state index contributed by atoms with van der Waals surface area (Å²) >= 11 is 0. The number of carbonyl (C=O) groups excluding carboxylic acids is 1. The van der Waals surface area contributed by atoms with E-state index in [4.69, 9.17) is 4.74 Å². The predicted octanol–water partition coefficient (Wildman–Crippen LogP) is 4.88. The fourth-order valence-electron chi connectivity index (χ4n) is 7.80. The highest BCUT2D eigenvalue weighted by molar-refractivity contribution is 5.66. The highest BCUT2D eigenvalue weighted by atomic mass is 16.5. The second-order valence-corrected chi connectivity index (χ2v) is 10.2.